The largest absolute Gasteiger partial charge is 0.488 e. The van der Waals surface area contributed by atoms with E-state index in [0.717, 1.165) is 0 Å². The minimum absolute atomic E-state index is 0.0177. The zero-order valence-electron chi connectivity index (χ0n) is 13.7. The topological polar surface area (TPSA) is 90.3 Å². The van der Waals surface area contributed by atoms with Crippen LogP contribution in [0.3, 0.4) is 0 Å². The van der Waals surface area contributed by atoms with Crippen LogP contribution < -0.4 is 10.5 Å². The van der Waals surface area contributed by atoms with Crippen molar-refractivity contribution in [3.63, 3.8) is 0 Å². The van der Waals surface area contributed by atoms with Gasteiger partial charge in [-0.25, -0.2) is 9.18 Å². The molecule has 2 aromatic rings. The van der Waals surface area contributed by atoms with E-state index in [1.807, 2.05) is 19.9 Å². The molecular formula is C17H18FN3O3. The van der Waals surface area contributed by atoms with Crippen LogP contribution in [0.25, 0.3) is 5.69 Å². The highest BCUT2D eigenvalue weighted by atomic mass is 19.1. The van der Waals surface area contributed by atoms with Gasteiger partial charge in [-0.05, 0) is 18.1 Å². The minimum Gasteiger partial charge on any atom is -0.488 e. The van der Waals surface area contributed by atoms with Gasteiger partial charge in [0.05, 0.1) is 30.7 Å². The lowest BCUT2D eigenvalue weighted by Gasteiger charge is -2.16. The fourth-order valence-electron chi connectivity index (χ4n) is 2.18. The molecule has 6 nitrogen and oxygen atoms in total. The Kier molecular flexibility index (Phi) is 5.09. The fraction of sp³-hybridized carbons (Fsp3) is 0.294. The highest BCUT2D eigenvalue weighted by Crippen LogP contribution is 2.32. The number of halogens is 1. The third kappa shape index (κ3) is 3.18. The molecular weight excluding hydrogens is 313 g/mol. The molecule has 1 aromatic heterocycles. The van der Waals surface area contributed by atoms with E-state index < -0.39 is 11.8 Å². The quantitative estimate of drug-likeness (QED) is 0.851. The number of para-hydroxylation sites is 1. The normalized spacial score (nSPS) is 10.5. The lowest BCUT2D eigenvalue weighted by molar-refractivity contribution is 0.0593. The summed E-state index contributed by atoms with van der Waals surface area (Å²) >= 11 is 0. The number of nitriles is 1. The second kappa shape index (κ2) is 7.04. The van der Waals surface area contributed by atoms with Crippen molar-refractivity contribution in [1.82, 2.24) is 4.57 Å². The van der Waals surface area contributed by atoms with Gasteiger partial charge < -0.3 is 19.8 Å². The van der Waals surface area contributed by atoms with Gasteiger partial charge in [-0.3, -0.25) is 0 Å². The van der Waals surface area contributed by atoms with Gasteiger partial charge in [0.15, 0.2) is 17.3 Å². The van der Waals surface area contributed by atoms with E-state index >= 15 is 0 Å². The number of carbonyl (C=O) groups excluding carboxylic acids is 1. The SMILES string of the molecule is COC(=O)c1c(N)c(C#N)cn1-c1cccc(F)c1OCC(C)C. The molecule has 0 fully saturated rings. The van der Waals surface area contributed by atoms with Crippen LogP contribution >= 0.6 is 0 Å². The average molecular weight is 331 g/mol. The molecule has 2 N–H and O–H groups in total. The van der Waals surface area contributed by atoms with Crippen molar-refractivity contribution >= 4 is 11.7 Å². The standard InChI is InChI=1S/C17H18FN3O3/c1-10(2)9-24-16-12(18)5-4-6-13(16)21-8-11(7-19)14(20)15(21)17(22)23-3/h4-6,8,10H,9,20H2,1-3H3. The van der Waals surface area contributed by atoms with Crippen LogP contribution in [0, 0.1) is 23.1 Å². The Balaban J connectivity index is 2.66. The predicted molar refractivity (Wildman–Crippen MR) is 86.5 cm³/mol. The van der Waals surface area contributed by atoms with E-state index in [1.54, 1.807) is 6.07 Å². The number of esters is 1. The van der Waals surface area contributed by atoms with Gasteiger partial charge in [-0.2, -0.15) is 5.26 Å². The van der Waals surface area contributed by atoms with E-state index in [0.29, 0.717) is 6.61 Å². The Morgan fingerprint density at radius 1 is 1.46 bits per heavy atom. The molecule has 0 aliphatic rings. The molecule has 0 bridgehead atoms. The van der Waals surface area contributed by atoms with Crippen LogP contribution in [0.1, 0.15) is 29.9 Å². The van der Waals surface area contributed by atoms with Gasteiger partial charge in [0.1, 0.15) is 6.07 Å². The van der Waals surface area contributed by atoms with Crippen molar-refractivity contribution in [2.75, 3.05) is 19.5 Å². The van der Waals surface area contributed by atoms with E-state index in [4.69, 9.17) is 20.5 Å². The second-order valence-corrected chi connectivity index (χ2v) is 5.57. The fourth-order valence-corrected chi connectivity index (χ4v) is 2.18. The molecule has 0 radical (unpaired) electrons. The van der Waals surface area contributed by atoms with Crippen molar-refractivity contribution in [3.8, 4) is 17.5 Å². The molecule has 0 atom stereocenters. The smallest absolute Gasteiger partial charge is 0.357 e. The van der Waals surface area contributed by atoms with Gasteiger partial charge in [0, 0.05) is 6.20 Å². The molecule has 0 saturated heterocycles. The minimum atomic E-state index is -0.729. The number of hydrogen-bond acceptors (Lipinski definition) is 5. The number of carbonyl (C=O) groups is 1. The first kappa shape index (κ1) is 17.3. The number of benzene rings is 1. The third-order valence-corrected chi connectivity index (χ3v) is 3.31. The molecule has 126 valence electrons. The Hall–Kier alpha value is -3.01. The molecule has 0 saturated carbocycles. The number of nitrogen functional groups attached to an aromatic ring is 1. The van der Waals surface area contributed by atoms with Crippen molar-refractivity contribution in [1.29, 1.82) is 5.26 Å². The molecule has 2 rings (SSSR count). The zero-order chi connectivity index (χ0) is 17.9. The number of nitrogens with two attached hydrogens (primary N) is 1. The molecule has 7 heteroatoms. The lowest BCUT2D eigenvalue weighted by atomic mass is 10.2. The van der Waals surface area contributed by atoms with Gasteiger partial charge in [-0.15, -0.1) is 0 Å². The molecule has 1 heterocycles. The monoisotopic (exact) mass is 331 g/mol. The van der Waals surface area contributed by atoms with Crippen LogP contribution in [-0.2, 0) is 4.74 Å². The Morgan fingerprint density at radius 3 is 2.75 bits per heavy atom. The average Bonchev–Trinajstić information content (AvgIpc) is 2.89. The number of aromatic nitrogens is 1. The van der Waals surface area contributed by atoms with E-state index in [9.17, 15) is 9.18 Å². The number of ether oxygens (including phenoxy) is 2. The summed E-state index contributed by atoms with van der Waals surface area (Å²) in [6, 6.07) is 6.22. The third-order valence-electron chi connectivity index (χ3n) is 3.31. The maximum Gasteiger partial charge on any atom is 0.357 e. The van der Waals surface area contributed by atoms with Crippen molar-refractivity contribution in [3.05, 3.63) is 41.5 Å². The number of methoxy groups -OCH3 is 1. The number of rotatable bonds is 5. The van der Waals surface area contributed by atoms with Gasteiger partial charge in [0.25, 0.3) is 0 Å². The van der Waals surface area contributed by atoms with Crippen LogP contribution in [0.5, 0.6) is 5.75 Å². The summed E-state index contributed by atoms with van der Waals surface area (Å²) in [5.74, 6) is -1.14. The number of nitrogens with zero attached hydrogens (tertiary/aromatic N) is 2. The summed E-state index contributed by atoms with van der Waals surface area (Å²) < 4.78 is 25.8. The Bertz CT molecular complexity index is 806. The van der Waals surface area contributed by atoms with Crippen molar-refractivity contribution in [2.45, 2.75) is 13.8 Å². The number of hydrogen-bond donors (Lipinski definition) is 1. The highest BCUT2D eigenvalue weighted by Gasteiger charge is 2.24. The molecule has 1 aromatic carbocycles. The van der Waals surface area contributed by atoms with Crippen LogP contribution in [0.4, 0.5) is 10.1 Å². The van der Waals surface area contributed by atoms with E-state index in [-0.39, 0.29) is 34.3 Å². The summed E-state index contributed by atoms with van der Waals surface area (Å²) in [6.07, 6.45) is 1.36. The maximum absolute atomic E-state index is 14.2. The molecule has 0 unspecified atom stereocenters. The first-order valence-electron chi connectivity index (χ1n) is 7.31. The maximum atomic E-state index is 14.2. The molecule has 0 spiro atoms. The first-order chi connectivity index (χ1) is 11.4. The Morgan fingerprint density at radius 2 is 2.17 bits per heavy atom. The molecule has 0 aliphatic carbocycles. The summed E-state index contributed by atoms with van der Waals surface area (Å²) in [5, 5.41) is 9.16. The summed E-state index contributed by atoms with van der Waals surface area (Å²) in [5.41, 5.74) is 6.15. The summed E-state index contributed by atoms with van der Waals surface area (Å²) in [7, 11) is 1.20. The van der Waals surface area contributed by atoms with Crippen LogP contribution in [-0.4, -0.2) is 24.3 Å². The van der Waals surface area contributed by atoms with Gasteiger partial charge >= 0.3 is 5.97 Å². The molecule has 24 heavy (non-hydrogen) atoms. The van der Waals surface area contributed by atoms with Crippen LogP contribution in [0.2, 0.25) is 0 Å². The Labute approximate surface area is 139 Å². The lowest BCUT2D eigenvalue weighted by Crippen LogP contribution is -2.13. The number of anilines is 1. The van der Waals surface area contributed by atoms with E-state index in [2.05, 4.69) is 0 Å². The molecule has 0 amide bonds. The zero-order valence-corrected chi connectivity index (χ0v) is 13.7. The van der Waals surface area contributed by atoms with Crippen LogP contribution in [0.15, 0.2) is 24.4 Å². The molecule has 0 aliphatic heterocycles. The highest BCUT2D eigenvalue weighted by molar-refractivity contribution is 5.96. The second-order valence-electron chi connectivity index (χ2n) is 5.57. The summed E-state index contributed by atoms with van der Waals surface area (Å²) in [6.45, 7) is 4.16. The van der Waals surface area contributed by atoms with Crippen molar-refractivity contribution < 1.29 is 18.7 Å². The van der Waals surface area contributed by atoms with Gasteiger partial charge in [0.2, 0.25) is 0 Å². The van der Waals surface area contributed by atoms with E-state index in [1.165, 1.54) is 30.0 Å². The summed E-state index contributed by atoms with van der Waals surface area (Å²) in [4.78, 5) is 12.1. The van der Waals surface area contributed by atoms with Crippen molar-refractivity contribution in [2.24, 2.45) is 5.92 Å². The predicted octanol–water partition coefficient (Wildman–Crippen LogP) is 2.89. The van der Waals surface area contributed by atoms with Gasteiger partial charge in [-0.1, -0.05) is 19.9 Å². The first-order valence-corrected chi connectivity index (χ1v) is 7.31.